The van der Waals surface area contributed by atoms with E-state index in [9.17, 15) is 23.3 Å². The van der Waals surface area contributed by atoms with Gasteiger partial charge in [-0.3, -0.25) is 19.6 Å². The summed E-state index contributed by atoms with van der Waals surface area (Å²) in [6.07, 6.45) is 1.22. The summed E-state index contributed by atoms with van der Waals surface area (Å²) >= 11 is 0. The summed E-state index contributed by atoms with van der Waals surface area (Å²) in [4.78, 5) is 23.5. The summed E-state index contributed by atoms with van der Waals surface area (Å²) < 4.78 is 32.7. The SMILES string of the molecule is COc1cc(NS(=O)(=O)c2cccc([N+](=O)[O-])c2)ccc1N1CCCC1=O. The predicted molar refractivity (Wildman–Crippen MR) is 98.5 cm³/mol. The Hall–Kier alpha value is -3.14. The number of nitro benzene ring substituents is 1. The van der Waals surface area contributed by atoms with E-state index in [1.54, 1.807) is 11.0 Å². The number of amides is 1. The van der Waals surface area contributed by atoms with Crippen LogP contribution in [0.4, 0.5) is 17.1 Å². The summed E-state index contributed by atoms with van der Waals surface area (Å²) in [6, 6.07) is 9.35. The quantitative estimate of drug-likeness (QED) is 0.597. The molecule has 0 aromatic heterocycles. The van der Waals surface area contributed by atoms with E-state index in [0.29, 0.717) is 24.4 Å². The molecule has 1 fully saturated rings. The third kappa shape index (κ3) is 3.85. The van der Waals surface area contributed by atoms with Crippen molar-refractivity contribution in [2.24, 2.45) is 0 Å². The van der Waals surface area contributed by atoms with Gasteiger partial charge >= 0.3 is 0 Å². The van der Waals surface area contributed by atoms with Crippen LogP contribution < -0.4 is 14.4 Å². The number of ether oxygens (including phenoxy) is 1. The molecule has 0 unspecified atom stereocenters. The highest BCUT2D eigenvalue weighted by molar-refractivity contribution is 7.92. The van der Waals surface area contributed by atoms with Gasteiger partial charge in [0.2, 0.25) is 5.91 Å². The van der Waals surface area contributed by atoms with E-state index in [-0.39, 0.29) is 22.2 Å². The third-order valence-corrected chi connectivity index (χ3v) is 5.51. The molecule has 1 N–H and O–H groups in total. The van der Waals surface area contributed by atoms with Crippen molar-refractivity contribution in [2.45, 2.75) is 17.7 Å². The number of carbonyl (C=O) groups is 1. The first kappa shape index (κ1) is 18.6. The van der Waals surface area contributed by atoms with Crippen LogP contribution in [0, 0.1) is 10.1 Å². The van der Waals surface area contributed by atoms with E-state index in [4.69, 9.17) is 4.74 Å². The number of rotatable bonds is 6. The zero-order valence-corrected chi connectivity index (χ0v) is 15.2. The lowest BCUT2D eigenvalue weighted by molar-refractivity contribution is -0.385. The van der Waals surface area contributed by atoms with Gasteiger partial charge < -0.3 is 9.64 Å². The zero-order valence-electron chi connectivity index (χ0n) is 14.4. The van der Waals surface area contributed by atoms with Crippen molar-refractivity contribution >= 4 is 33.0 Å². The van der Waals surface area contributed by atoms with Crippen LogP contribution in [-0.4, -0.2) is 32.9 Å². The Kier molecular flexibility index (Phi) is 5.00. The number of hydrogen-bond donors (Lipinski definition) is 1. The van der Waals surface area contributed by atoms with Gasteiger partial charge in [-0.2, -0.15) is 0 Å². The van der Waals surface area contributed by atoms with E-state index in [2.05, 4.69) is 4.72 Å². The Morgan fingerprint density at radius 3 is 2.63 bits per heavy atom. The van der Waals surface area contributed by atoms with Crippen LogP contribution in [0.15, 0.2) is 47.4 Å². The monoisotopic (exact) mass is 391 g/mol. The lowest BCUT2D eigenvalue weighted by Crippen LogP contribution is -2.24. The second-order valence-corrected chi connectivity index (χ2v) is 7.58. The Balaban J connectivity index is 1.90. The molecule has 0 bridgehead atoms. The van der Waals surface area contributed by atoms with Crippen LogP contribution in [-0.2, 0) is 14.8 Å². The normalized spacial score (nSPS) is 14.3. The van der Waals surface area contributed by atoms with Crippen molar-refractivity contribution in [2.75, 3.05) is 23.3 Å². The fourth-order valence-corrected chi connectivity index (χ4v) is 3.93. The van der Waals surface area contributed by atoms with Crippen molar-refractivity contribution in [1.29, 1.82) is 0 Å². The summed E-state index contributed by atoms with van der Waals surface area (Å²) in [5.41, 5.74) is 0.463. The molecular formula is C17H17N3O6S. The summed E-state index contributed by atoms with van der Waals surface area (Å²) in [5, 5.41) is 10.9. The number of non-ortho nitro benzene ring substituents is 1. The number of anilines is 2. The average molecular weight is 391 g/mol. The number of nitrogens with zero attached hydrogens (tertiary/aromatic N) is 2. The van der Waals surface area contributed by atoms with Crippen molar-refractivity contribution in [3.8, 4) is 5.75 Å². The van der Waals surface area contributed by atoms with Crippen molar-refractivity contribution < 1.29 is 22.9 Å². The Labute approximate surface area is 155 Å². The first-order valence-corrected chi connectivity index (χ1v) is 9.56. The lowest BCUT2D eigenvalue weighted by atomic mass is 10.2. The molecule has 1 saturated heterocycles. The molecule has 1 heterocycles. The maximum Gasteiger partial charge on any atom is 0.270 e. The Morgan fingerprint density at radius 2 is 2.00 bits per heavy atom. The maximum absolute atomic E-state index is 12.5. The summed E-state index contributed by atoms with van der Waals surface area (Å²) in [7, 11) is -2.60. The fraction of sp³-hybridized carbons (Fsp3) is 0.235. The average Bonchev–Trinajstić information content (AvgIpc) is 3.07. The first-order chi connectivity index (χ1) is 12.8. The smallest absolute Gasteiger partial charge is 0.270 e. The van der Waals surface area contributed by atoms with E-state index < -0.39 is 14.9 Å². The number of nitro groups is 1. The highest BCUT2D eigenvalue weighted by atomic mass is 32.2. The number of benzene rings is 2. The molecule has 0 atom stereocenters. The van der Waals surface area contributed by atoms with Gasteiger partial charge in [-0.15, -0.1) is 0 Å². The van der Waals surface area contributed by atoms with Gasteiger partial charge in [0.1, 0.15) is 5.75 Å². The molecule has 1 aliphatic rings. The summed E-state index contributed by atoms with van der Waals surface area (Å²) in [6.45, 7) is 0.577. The van der Waals surface area contributed by atoms with E-state index in [1.165, 1.54) is 37.4 Å². The molecule has 0 saturated carbocycles. The molecule has 1 amide bonds. The number of carbonyl (C=O) groups excluding carboxylic acids is 1. The second-order valence-electron chi connectivity index (χ2n) is 5.90. The van der Waals surface area contributed by atoms with Crippen molar-refractivity contribution in [3.63, 3.8) is 0 Å². The molecule has 9 nitrogen and oxygen atoms in total. The van der Waals surface area contributed by atoms with Gasteiger partial charge in [0.25, 0.3) is 15.7 Å². The molecule has 3 rings (SSSR count). The molecule has 10 heteroatoms. The molecule has 2 aromatic rings. The van der Waals surface area contributed by atoms with Crippen molar-refractivity contribution in [3.05, 3.63) is 52.6 Å². The molecular weight excluding hydrogens is 374 g/mol. The third-order valence-electron chi connectivity index (χ3n) is 4.13. The van der Waals surface area contributed by atoms with Crippen LogP contribution in [0.3, 0.4) is 0 Å². The minimum atomic E-state index is -4.03. The largest absolute Gasteiger partial charge is 0.494 e. The number of hydrogen-bond acceptors (Lipinski definition) is 6. The Morgan fingerprint density at radius 1 is 1.22 bits per heavy atom. The molecule has 0 aliphatic carbocycles. The second kappa shape index (κ2) is 7.23. The van der Waals surface area contributed by atoms with Gasteiger partial charge in [-0.05, 0) is 24.6 Å². The van der Waals surface area contributed by atoms with E-state index in [0.717, 1.165) is 12.5 Å². The van der Waals surface area contributed by atoms with Gasteiger partial charge in [-0.1, -0.05) is 6.07 Å². The van der Waals surface area contributed by atoms with Crippen LogP contribution in [0.5, 0.6) is 5.75 Å². The molecule has 2 aromatic carbocycles. The molecule has 0 radical (unpaired) electrons. The van der Waals surface area contributed by atoms with E-state index in [1.807, 2.05) is 0 Å². The van der Waals surface area contributed by atoms with Crippen LogP contribution in [0.1, 0.15) is 12.8 Å². The standard InChI is InChI=1S/C17H17N3O6S/c1-26-16-10-12(7-8-15(16)19-9-3-6-17(19)21)18-27(24,25)14-5-2-4-13(11-14)20(22)23/h2,4-5,7-8,10-11,18H,3,6,9H2,1H3. The van der Waals surface area contributed by atoms with Gasteiger partial charge in [0, 0.05) is 31.2 Å². The number of nitrogens with one attached hydrogen (secondary N) is 1. The minimum Gasteiger partial charge on any atom is -0.494 e. The van der Waals surface area contributed by atoms with Crippen LogP contribution in [0.25, 0.3) is 0 Å². The first-order valence-electron chi connectivity index (χ1n) is 8.07. The predicted octanol–water partition coefficient (Wildman–Crippen LogP) is 2.53. The Bertz CT molecular complexity index is 1010. The lowest BCUT2D eigenvalue weighted by Gasteiger charge is -2.20. The number of sulfonamides is 1. The van der Waals surface area contributed by atoms with Gasteiger partial charge in [0.15, 0.2) is 0 Å². The van der Waals surface area contributed by atoms with Crippen LogP contribution >= 0.6 is 0 Å². The van der Waals surface area contributed by atoms with Crippen LogP contribution in [0.2, 0.25) is 0 Å². The van der Waals surface area contributed by atoms with Gasteiger partial charge in [-0.25, -0.2) is 8.42 Å². The van der Waals surface area contributed by atoms with Crippen molar-refractivity contribution in [1.82, 2.24) is 0 Å². The highest BCUT2D eigenvalue weighted by Crippen LogP contribution is 2.34. The maximum atomic E-state index is 12.5. The molecule has 0 spiro atoms. The van der Waals surface area contributed by atoms with E-state index >= 15 is 0 Å². The molecule has 142 valence electrons. The topological polar surface area (TPSA) is 119 Å². The minimum absolute atomic E-state index is 0.0155. The zero-order chi connectivity index (χ0) is 19.6. The summed E-state index contributed by atoms with van der Waals surface area (Å²) in [5.74, 6) is 0.336. The number of methoxy groups -OCH3 is 1. The fourth-order valence-electron chi connectivity index (χ4n) is 2.85. The molecule has 27 heavy (non-hydrogen) atoms. The van der Waals surface area contributed by atoms with Gasteiger partial charge in [0.05, 0.1) is 28.3 Å². The highest BCUT2D eigenvalue weighted by Gasteiger charge is 2.25. The molecule has 1 aliphatic heterocycles.